The van der Waals surface area contributed by atoms with E-state index in [4.69, 9.17) is 5.73 Å². The van der Waals surface area contributed by atoms with Gasteiger partial charge in [0.25, 0.3) is 0 Å². The number of nitrogens with zero attached hydrogens (tertiary/aromatic N) is 4. The van der Waals surface area contributed by atoms with Crippen molar-refractivity contribution in [2.75, 3.05) is 30.3 Å². The minimum absolute atomic E-state index is 0.281. The molecule has 1 atom stereocenters. The number of amides is 1. The van der Waals surface area contributed by atoms with E-state index >= 15 is 0 Å². The molecule has 1 aromatic heterocycles. The van der Waals surface area contributed by atoms with Crippen LogP contribution in [0.4, 0.5) is 11.8 Å². The van der Waals surface area contributed by atoms with E-state index in [1.54, 1.807) is 12.3 Å². The molecule has 2 N–H and O–H groups in total. The fourth-order valence-corrected chi connectivity index (χ4v) is 2.56. The lowest BCUT2D eigenvalue weighted by molar-refractivity contribution is -0.129. The molecule has 2 aliphatic heterocycles. The molecule has 0 radical (unpaired) electrons. The van der Waals surface area contributed by atoms with E-state index < -0.39 is 0 Å². The predicted octanol–water partition coefficient (Wildman–Crippen LogP) is -0.130. The highest BCUT2D eigenvalue weighted by molar-refractivity contribution is 5.79. The lowest BCUT2D eigenvalue weighted by Gasteiger charge is -2.37. The van der Waals surface area contributed by atoms with Crippen LogP contribution >= 0.6 is 0 Å². The van der Waals surface area contributed by atoms with Crippen LogP contribution in [0.1, 0.15) is 12.8 Å². The zero-order valence-electron chi connectivity index (χ0n) is 9.54. The first kappa shape index (κ1) is 10.3. The Morgan fingerprint density at radius 2 is 2.29 bits per heavy atom. The van der Waals surface area contributed by atoms with Gasteiger partial charge in [0.15, 0.2) is 0 Å². The lowest BCUT2D eigenvalue weighted by atomic mass is 10.2. The van der Waals surface area contributed by atoms with Crippen molar-refractivity contribution in [3.05, 3.63) is 12.3 Å². The molecule has 2 saturated heterocycles. The van der Waals surface area contributed by atoms with Crippen LogP contribution in [0.25, 0.3) is 0 Å². The first-order chi connectivity index (χ1) is 8.24. The van der Waals surface area contributed by atoms with Gasteiger partial charge in [-0.25, -0.2) is 4.98 Å². The molecule has 6 nitrogen and oxygen atoms in total. The van der Waals surface area contributed by atoms with Gasteiger partial charge in [-0.3, -0.25) is 4.79 Å². The van der Waals surface area contributed by atoms with Crippen molar-refractivity contribution in [2.24, 2.45) is 0 Å². The lowest BCUT2D eigenvalue weighted by Crippen LogP contribution is -2.52. The van der Waals surface area contributed by atoms with Crippen LogP contribution in [-0.2, 0) is 4.79 Å². The molecule has 0 aliphatic carbocycles. The van der Waals surface area contributed by atoms with Crippen molar-refractivity contribution in [3.63, 3.8) is 0 Å². The molecular formula is C11H15N5O. The topological polar surface area (TPSA) is 75.3 Å². The average molecular weight is 233 g/mol. The average Bonchev–Trinajstić information content (AvgIpc) is 2.71. The molecule has 90 valence electrons. The monoisotopic (exact) mass is 233 g/mol. The van der Waals surface area contributed by atoms with Gasteiger partial charge in [-0.15, -0.1) is 0 Å². The molecular weight excluding hydrogens is 218 g/mol. The number of carbonyl (C=O) groups excluding carboxylic acids is 1. The summed E-state index contributed by atoms with van der Waals surface area (Å²) in [4.78, 5) is 24.1. The number of carbonyl (C=O) groups is 1. The molecule has 1 aromatic rings. The first-order valence-corrected chi connectivity index (χ1v) is 5.87. The zero-order chi connectivity index (χ0) is 11.8. The van der Waals surface area contributed by atoms with Crippen LogP contribution < -0.4 is 10.6 Å². The molecule has 2 fully saturated rings. The van der Waals surface area contributed by atoms with Gasteiger partial charge in [0, 0.05) is 38.3 Å². The number of rotatable bonds is 1. The second kappa shape index (κ2) is 3.87. The highest BCUT2D eigenvalue weighted by atomic mass is 16.2. The van der Waals surface area contributed by atoms with E-state index in [2.05, 4.69) is 14.9 Å². The Bertz CT molecular complexity index is 449. The summed E-state index contributed by atoms with van der Waals surface area (Å²) in [5.74, 6) is 1.44. The molecule has 3 heterocycles. The number of hydrogen-bond acceptors (Lipinski definition) is 5. The van der Waals surface area contributed by atoms with Crippen LogP contribution in [0.3, 0.4) is 0 Å². The summed E-state index contributed by atoms with van der Waals surface area (Å²) in [7, 11) is 0. The van der Waals surface area contributed by atoms with Crippen LogP contribution in [0.2, 0.25) is 0 Å². The second-order valence-corrected chi connectivity index (χ2v) is 4.51. The van der Waals surface area contributed by atoms with E-state index in [0.29, 0.717) is 24.2 Å². The van der Waals surface area contributed by atoms with Gasteiger partial charge >= 0.3 is 0 Å². The molecule has 0 bridgehead atoms. The maximum absolute atomic E-state index is 11.6. The number of piperazine rings is 1. The van der Waals surface area contributed by atoms with E-state index in [9.17, 15) is 4.79 Å². The number of fused-ring (bicyclic) bond motifs is 1. The molecule has 3 rings (SSSR count). The highest BCUT2D eigenvalue weighted by Crippen LogP contribution is 2.24. The van der Waals surface area contributed by atoms with Crippen molar-refractivity contribution < 1.29 is 4.79 Å². The van der Waals surface area contributed by atoms with Crippen molar-refractivity contribution in [1.82, 2.24) is 14.9 Å². The van der Waals surface area contributed by atoms with Crippen molar-refractivity contribution in [1.29, 1.82) is 0 Å². The maximum atomic E-state index is 11.6. The van der Waals surface area contributed by atoms with E-state index in [0.717, 1.165) is 26.1 Å². The molecule has 1 amide bonds. The largest absolute Gasteiger partial charge is 0.384 e. The highest BCUT2D eigenvalue weighted by Gasteiger charge is 2.36. The smallest absolute Gasteiger partial charge is 0.227 e. The first-order valence-electron chi connectivity index (χ1n) is 5.87. The normalized spacial score (nSPS) is 24.0. The molecule has 1 unspecified atom stereocenters. The second-order valence-electron chi connectivity index (χ2n) is 4.51. The molecule has 0 saturated carbocycles. The standard InChI is InChI=1S/C11H15N5O/c12-9-3-4-13-11(14-9)15-5-6-16-8(7-15)1-2-10(16)17/h3-4,8H,1-2,5-7H2,(H2,12,13,14). The van der Waals surface area contributed by atoms with Crippen molar-refractivity contribution in [3.8, 4) is 0 Å². The zero-order valence-corrected chi connectivity index (χ0v) is 9.54. The van der Waals surface area contributed by atoms with Gasteiger partial charge in [-0.1, -0.05) is 0 Å². The van der Waals surface area contributed by atoms with E-state index in [-0.39, 0.29) is 5.91 Å². The number of nitrogen functional groups attached to an aromatic ring is 1. The van der Waals surface area contributed by atoms with Crippen LogP contribution in [0.15, 0.2) is 12.3 Å². The summed E-state index contributed by atoms with van der Waals surface area (Å²) >= 11 is 0. The molecule has 6 heteroatoms. The van der Waals surface area contributed by atoms with E-state index in [1.807, 2.05) is 4.90 Å². The van der Waals surface area contributed by atoms with Crippen LogP contribution in [0.5, 0.6) is 0 Å². The summed E-state index contributed by atoms with van der Waals surface area (Å²) < 4.78 is 0. The summed E-state index contributed by atoms with van der Waals surface area (Å²) in [5, 5.41) is 0. The molecule has 17 heavy (non-hydrogen) atoms. The molecule has 2 aliphatic rings. The summed E-state index contributed by atoms with van der Waals surface area (Å²) in [6.45, 7) is 2.36. The number of nitrogens with two attached hydrogens (primary N) is 1. The molecule has 0 aromatic carbocycles. The summed E-state index contributed by atoms with van der Waals surface area (Å²) in [6, 6.07) is 2.00. The summed E-state index contributed by atoms with van der Waals surface area (Å²) in [6.07, 6.45) is 3.29. The van der Waals surface area contributed by atoms with Gasteiger partial charge in [0.2, 0.25) is 11.9 Å². The Balaban J connectivity index is 1.77. The minimum atomic E-state index is 0.281. The Morgan fingerprint density at radius 1 is 1.41 bits per heavy atom. The Labute approximate surface area is 99.4 Å². The van der Waals surface area contributed by atoms with Crippen molar-refractivity contribution in [2.45, 2.75) is 18.9 Å². The molecule has 0 spiro atoms. The third-order valence-corrected chi connectivity index (χ3v) is 3.44. The van der Waals surface area contributed by atoms with Crippen molar-refractivity contribution >= 4 is 17.7 Å². The number of hydrogen-bond donors (Lipinski definition) is 1. The third kappa shape index (κ3) is 1.79. The SMILES string of the molecule is Nc1ccnc(N2CCN3C(=O)CCC3C2)n1. The third-order valence-electron chi connectivity index (χ3n) is 3.44. The van der Waals surface area contributed by atoms with Crippen LogP contribution in [0, 0.1) is 0 Å². The Kier molecular flexibility index (Phi) is 2.35. The van der Waals surface area contributed by atoms with Crippen LogP contribution in [-0.4, -0.2) is 46.5 Å². The van der Waals surface area contributed by atoms with E-state index in [1.165, 1.54) is 0 Å². The Hall–Kier alpha value is -1.85. The maximum Gasteiger partial charge on any atom is 0.227 e. The fraction of sp³-hybridized carbons (Fsp3) is 0.545. The fourth-order valence-electron chi connectivity index (χ4n) is 2.56. The Morgan fingerprint density at radius 3 is 3.12 bits per heavy atom. The van der Waals surface area contributed by atoms with Gasteiger partial charge in [-0.05, 0) is 12.5 Å². The minimum Gasteiger partial charge on any atom is -0.384 e. The van der Waals surface area contributed by atoms with Gasteiger partial charge in [-0.2, -0.15) is 4.98 Å². The van der Waals surface area contributed by atoms with Gasteiger partial charge in [0.1, 0.15) is 5.82 Å². The number of anilines is 2. The quantitative estimate of drug-likeness (QED) is 0.731. The summed E-state index contributed by atoms with van der Waals surface area (Å²) in [5.41, 5.74) is 5.65. The number of aromatic nitrogens is 2. The van der Waals surface area contributed by atoms with Gasteiger partial charge < -0.3 is 15.5 Å². The predicted molar refractivity (Wildman–Crippen MR) is 63.4 cm³/mol. The van der Waals surface area contributed by atoms with Gasteiger partial charge in [0.05, 0.1) is 0 Å².